The quantitative estimate of drug-likeness (QED) is 0.291. The smallest absolute Gasteiger partial charge is 0.225 e. The third-order valence-corrected chi connectivity index (χ3v) is 9.34. The molecule has 4 unspecified atom stereocenters. The number of hydrogen-bond acceptors (Lipinski definition) is 9. The van der Waals surface area contributed by atoms with E-state index >= 15 is 0 Å². The number of benzene rings is 1. The molecule has 4 saturated heterocycles. The molecule has 2 aromatic heterocycles. The fourth-order valence-corrected chi connectivity index (χ4v) is 7.14. The Morgan fingerprint density at radius 3 is 2.45 bits per heavy atom. The molecule has 4 fully saturated rings. The summed E-state index contributed by atoms with van der Waals surface area (Å²) in [6, 6.07) is 10.1. The van der Waals surface area contributed by atoms with Crippen LogP contribution in [0.4, 0.5) is 5.95 Å². The highest BCUT2D eigenvalue weighted by atomic mass is 35.5. The van der Waals surface area contributed by atoms with Gasteiger partial charge in [0.05, 0.1) is 18.1 Å². The molecule has 2 bridgehead atoms. The van der Waals surface area contributed by atoms with E-state index in [4.69, 9.17) is 42.4 Å². The van der Waals surface area contributed by atoms with Crippen LogP contribution in [0.3, 0.4) is 0 Å². The van der Waals surface area contributed by atoms with Crippen molar-refractivity contribution in [3.63, 3.8) is 0 Å². The van der Waals surface area contributed by atoms with Crippen molar-refractivity contribution in [1.82, 2.24) is 24.8 Å². The molecule has 0 spiro atoms. The number of epoxide rings is 1. The molecule has 0 N–H and O–H groups in total. The fourth-order valence-electron chi connectivity index (χ4n) is 6.62. The number of rotatable bonds is 9. The molecular formula is C31H36Cl2N6O3. The van der Waals surface area contributed by atoms with Crippen molar-refractivity contribution in [3.05, 3.63) is 58.3 Å². The molecule has 4 atom stereocenters. The second-order valence-corrected chi connectivity index (χ2v) is 12.7. The molecule has 11 heteroatoms. The maximum Gasteiger partial charge on any atom is 0.225 e. The number of methoxy groups -OCH3 is 1. The summed E-state index contributed by atoms with van der Waals surface area (Å²) in [6.07, 6.45) is 8.31. The maximum atomic E-state index is 6.35. The number of nitrogens with zero attached hydrogens (tertiary/aromatic N) is 6. The molecule has 0 radical (unpaired) electrons. The van der Waals surface area contributed by atoms with Crippen molar-refractivity contribution in [2.75, 3.05) is 51.3 Å². The van der Waals surface area contributed by atoms with Gasteiger partial charge < -0.3 is 19.1 Å². The molecule has 1 aromatic carbocycles. The molecule has 3 aromatic rings. The van der Waals surface area contributed by atoms with E-state index in [0.29, 0.717) is 33.6 Å². The summed E-state index contributed by atoms with van der Waals surface area (Å²) in [6.45, 7) is 7.15. The predicted octanol–water partition coefficient (Wildman–Crippen LogP) is 5.51. The lowest BCUT2D eigenvalue weighted by molar-refractivity contribution is 0.0950. The van der Waals surface area contributed by atoms with Crippen LogP contribution in [0.25, 0.3) is 11.3 Å². The number of anilines is 1. The summed E-state index contributed by atoms with van der Waals surface area (Å²) in [5, 5.41) is 1.13. The summed E-state index contributed by atoms with van der Waals surface area (Å²) >= 11 is 12.7. The summed E-state index contributed by atoms with van der Waals surface area (Å²) in [4.78, 5) is 21.5. The van der Waals surface area contributed by atoms with E-state index in [9.17, 15) is 0 Å². The highest BCUT2D eigenvalue weighted by molar-refractivity contribution is 6.35. The first-order valence-electron chi connectivity index (χ1n) is 14.9. The van der Waals surface area contributed by atoms with E-state index < -0.39 is 0 Å². The molecule has 222 valence electrons. The van der Waals surface area contributed by atoms with Crippen LogP contribution in [0.1, 0.15) is 31.2 Å². The van der Waals surface area contributed by atoms with Gasteiger partial charge in [-0.2, -0.15) is 0 Å². The average molecular weight is 612 g/mol. The molecule has 6 heterocycles. The standard InChI is InChI=1S/C31H36Cl2N6O3/c1-40-30-28(42-30)11-20-2-5-37(6-3-20)18-21-10-27(22-13-23(32)15-24(33)14-22)36-29(12-21)41-26-16-34-31(35-17-26)39-9-8-38-7-4-25(39)19-38/h10,12-17,20,25,28,30H,2-9,11,18-19H2,1H3. The number of piperidine rings is 1. The highest BCUT2D eigenvalue weighted by Crippen LogP contribution is 2.34. The van der Waals surface area contributed by atoms with Crippen LogP contribution in [0.2, 0.25) is 10.0 Å². The summed E-state index contributed by atoms with van der Waals surface area (Å²) in [7, 11) is 1.71. The Kier molecular flexibility index (Phi) is 8.22. The fraction of sp³-hybridized carbons (Fsp3) is 0.516. The Morgan fingerprint density at radius 2 is 1.71 bits per heavy atom. The third-order valence-electron chi connectivity index (χ3n) is 8.91. The Morgan fingerprint density at radius 1 is 0.929 bits per heavy atom. The van der Waals surface area contributed by atoms with Gasteiger partial charge in [0, 0.05) is 67.6 Å². The third kappa shape index (κ3) is 6.51. The van der Waals surface area contributed by atoms with Crippen molar-refractivity contribution in [1.29, 1.82) is 0 Å². The summed E-state index contributed by atoms with van der Waals surface area (Å²) in [5.41, 5.74) is 2.72. The minimum absolute atomic E-state index is 0.00341. The van der Waals surface area contributed by atoms with Crippen LogP contribution in [0, 0.1) is 5.92 Å². The van der Waals surface area contributed by atoms with Gasteiger partial charge in [-0.1, -0.05) is 23.2 Å². The van der Waals surface area contributed by atoms with Crippen molar-refractivity contribution < 1.29 is 14.2 Å². The molecule has 0 amide bonds. The number of ether oxygens (including phenoxy) is 3. The van der Waals surface area contributed by atoms with E-state index in [0.717, 1.165) is 94.3 Å². The zero-order valence-electron chi connectivity index (χ0n) is 23.8. The lowest BCUT2D eigenvalue weighted by atomic mass is 9.92. The molecule has 0 aliphatic carbocycles. The van der Waals surface area contributed by atoms with Gasteiger partial charge in [-0.25, -0.2) is 15.0 Å². The Balaban J connectivity index is 1.07. The zero-order chi connectivity index (χ0) is 28.6. The van der Waals surface area contributed by atoms with Gasteiger partial charge >= 0.3 is 0 Å². The Labute approximate surface area is 256 Å². The van der Waals surface area contributed by atoms with E-state index in [2.05, 4.69) is 30.7 Å². The van der Waals surface area contributed by atoms with Gasteiger partial charge in [-0.05, 0) is 74.5 Å². The molecule has 42 heavy (non-hydrogen) atoms. The normalized spacial score (nSPS) is 26.0. The van der Waals surface area contributed by atoms with Gasteiger partial charge in [0.2, 0.25) is 11.8 Å². The minimum atomic E-state index is -0.00341. The zero-order valence-corrected chi connectivity index (χ0v) is 25.3. The molecule has 9 nitrogen and oxygen atoms in total. The Hall–Kier alpha value is -2.53. The maximum absolute atomic E-state index is 6.35. The van der Waals surface area contributed by atoms with Gasteiger partial charge in [0.25, 0.3) is 0 Å². The molecule has 4 aliphatic rings. The van der Waals surface area contributed by atoms with Crippen molar-refractivity contribution in [2.24, 2.45) is 5.92 Å². The minimum Gasteiger partial charge on any atom is -0.436 e. The second kappa shape index (κ2) is 12.2. The number of likely N-dealkylation sites (tertiary alicyclic amines) is 1. The van der Waals surface area contributed by atoms with Crippen LogP contribution in [0.5, 0.6) is 11.6 Å². The first-order chi connectivity index (χ1) is 20.5. The SMILES string of the molecule is COC1OC1CC1CCN(Cc2cc(Oc3cnc(N4CCN5CCC4C5)nc3)nc(-c3cc(Cl)cc(Cl)c3)c2)CC1. The first kappa shape index (κ1) is 28.3. The van der Waals surface area contributed by atoms with Crippen LogP contribution in [0.15, 0.2) is 42.7 Å². The Bertz CT molecular complexity index is 1380. The van der Waals surface area contributed by atoms with Crippen molar-refractivity contribution in [2.45, 2.75) is 50.7 Å². The number of hydrogen-bond donors (Lipinski definition) is 0. The average Bonchev–Trinajstić information content (AvgIpc) is 3.64. The first-order valence-corrected chi connectivity index (χ1v) is 15.6. The lowest BCUT2D eigenvalue weighted by Gasteiger charge is -2.34. The van der Waals surface area contributed by atoms with Gasteiger partial charge in [-0.15, -0.1) is 0 Å². The molecular weight excluding hydrogens is 575 g/mol. The number of fused-ring (bicyclic) bond motifs is 2. The van der Waals surface area contributed by atoms with E-state index in [-0.39, 0.29) is 12.4 Å². The molecule has 0 saturated carbocycles. The van der Waals surface area contributed by atoms with Crippen molar-refractivity contribution >= 4 is 29.2 Å². The lowest BCUT2D eigenvalue weighted by Crippen LogP contribution is -2.47. The van der Waals surface area contributed by atoms with Crippen molar-refractivity contribution in [3.8, 4) is 22.9 Å². The number of halogens is 2. The number of pyridine rings is 1. The van der Waals surface area contributed by atoms with Gasteiger partial charge in [0.15, 0.2) is 12.0 Å². The van der Waals surface area contributed by atoms with Crippen LogP contribution >= 0.6 is 23.2 Å². The van der Waals surface area contributed by atoms with Crippen LogP contribution < -0.4 is 9.64 Å². The topological polar surface area (TPSA) is 79.4 Å². The monoisotopic (exact) mass is 610 g/mol. The van der Waals surface area contributed by atoms with Crippen LogP contribution in [-0.4, -0.2) is 89.6 Å². The predicted molar refractivity (Wildman–Crippen MR) is 162 cm³/mol. The molecule has 7 rings (SSSR count). The number of aromatic nitrogens is 3. The van der Waals surface area contributed by atoms with Gasteiger partial charge in [-0.3, -0.25) is 9.80 Å². The van der Waals surface area contributed by atoms with E-state index in [1.807, 2.05) is 18.2 Å². The van der Waals surface area contributed by atoms with Crippen LogP contribution in [-0.2, 0) is 16.0 Å². The molecule has 4 aliphatic heterocycles. The largest absolute Gasteiger partial charge is 0.436 e. The summed E-state index contributed by atoms with van der Waals surface area (Å²) in [5.74, 6) is 2.48. The second-order valence-electron chi connectivity index (χ2n) is 11.8. The van der Waals surface area contributed by atoms with Gasteiger partial charge in [0.1, 0.15) is 6.10 Å². The van der Waals surface area contributed by atoms with E-state index in [1.165, 1.54) is 0 Å². The summed E-state index contributed by atoms with van der Waals surface area (Å²) < 4.78 is 17.1. The highest BCUT2D eigenvalue weighted by Gasteiger charge is 2.41. The number of piperazine rings is 1. The van der Waals surface area contributed by atoms with E-state index in [1.54, 1.807) is 25.6 Å².